The fraction of sp³-hybridized carbons (Fsp3) is 0.667. The van der Waals surface area contributed by atoms with E-state index in [0.717, 1.165) is 30.6 Å². The molecule has 1 aliphatic rings. The van der Waals surface area contributed by atoms with Gasteiger partial charge in [-0.2, -0.15) is 0 Å². The predicted molar refractivity (Wildman–Crippen MR) is 72.1 cm³/mol. The first-order valence-electron chi connectivity index (χ1n) is 6.68. The van der Waals surface area contributed by atoms with E-state index in [-0.39, 0.29) is 5.41 Å². The second kappa shape index (κ2) is 4.54. The van der Waals surface area contributed by atoms with Gasteiger partial charge in [0.1, 0.15) is 0 Å². The number of carbonyl (C=O) groups excluding carboxylic acids is 1. The van der Waals surface area contributed by atoms with E-state index in [1.54, 1.807) is 0 Å². The van der Waals surface area contributed by atoms with Gasteiger partial charge in [0.2, 0.25) is 0 Å². The molecular weight excluding hydrogens is 226 g/mol. The number of hydrogen-bond acceptors (Lipinski definition) is 2. The fourth-order valence-electron chi connectivity index (χ4n) is 3.19. The molecule has 0 aromatic carbocycles. The number of rotatable bonds is 4. The fourth-order valence-corrected chi connectivity index (χ4v) is 3.19. The summed E-state index contributed by atoms with van der Waals surface area (Å²) in [6, 6.07) is 2.41. The maximum absolute atomic E-state index is 11.0. The lowest BCUT2D eigenvalue weighted by Gasteiger charge is -2.53. The minimum Gasteiger partial charge on any atom is -0.378 e. The molecule has 18 heavy (non-hydrogen) atoms. The quantitative estimate of drug-likeness (QED) is 0.767. The molecule has 0 aliphatic heterocycles. The van der Waals surface area contributed by atoms with E-state index in [9.17, 15) is 4.79 Å². The summed E-state index contributed by atoms with van der Waals surface area (Å²) in [5.74, 6) is 0. The summed E-state index contributed by atoms with van der Waals surface area (Å²) in [6.45, 7) is 11.4. The van der Waals surface area contributed by atoms with Crippen molar-refractivity contribution in [1.82, 2.24) is 4.57 Å². The standard InChI is InChI=1S/C15H23NO2/c1-6-18-14-8-13(15(14,4)5)16-10(2)7-12(9-17)11(16)3/h7,9,13-14H,6,8H2,1-5H3. The van der Waals surface area contributed by atoms with Crippen LogP contribution in [0.2, 0.25) is 0 Å². The molecule has 0 N–H and O–H groups in total. The molecule has 1 aromatic heterocycles. The molecule has 0 amide bonds. The molecule has 1 heterocycles. The van der Waals surface area contributed by atoms with Gasteiger partial charge in [0, 0.05) is 35.0 Å². The highest BCUT2D eigenvalue weighted by Gasteiger charge is 2.50. The summed E-state index contributed by atoms with van der Waals surface area (Å²) in [5, 5.41) is 0. The second-order valence-electron chi connectivity index (χ2n) is 5.83. The molecule has 2 atom stereocenters. The van der Waals surface area contributed by atoms with E-state index in [0.29, 0.717) is 12.1 Å². The van der Waals surface area contributed by atoms with Gasteiger partial charge >= 0.3 is 0 Å². The first kappa shape index (κ1) is 13.3. The van der Waals surface area contributed by atoms with E-state index in [1.807, 2.05) is 19.9 Å². The Morgan fingerprint density at radius 2 is 2.17 bits per heavy atom. The van der Waals surface area contributed by atoms with Crippen LogP contribution in [0.3, 0.4) is 0 Å². The first-order valence-corrected chi connectivity index (χ1v) is 6.68. The Kier molecular flexibility index (Phi) is 3.37. The minimum absolute atomic E-state index is 0.130. The van der Waals surface area contributed by atoms with Gasteiger partial charge in [-0.15, -0.1) is 0 Å². The van der Waals surface area contributed by atoms with Gasteiger partial charge in [-0.05, 0) is 33.3 Å². The average Bonchev–Trinajstić information content (AvgIpc) is 2.60. The highest BCUT2D eigenvalue weighted by molar-refractivity contribution is 5.77. The number of aryl methyl sites for hydroxylation is 1. The molecule has 1 saturated carbocycles. The third-order valence-electron chi connectivity index (χ3n) is 4.46. The molecule has 2 unspecified atom stereocenters. The predicted octanol–water partition coefficient (Wildman–Crippen LogP) is 3.29. The zero-order valence-electron chi connectivity index (χ0n) is 12.0. The molecule has 1 fully saturated rings. The van der Waals surface area contributed by atoms with Crippen molar-refractivity contribution < 1.29 is 9.53 Å². The van der Waals surface area contributed by atoms with E-state index in [2.05, 4.69) is 25.3 Å². The number of carbonyl (C=O) groups is 1. The monoisotopic (exact) mass is 249 g/mol. The smallest absolute Gasteiger partial charge is 0.151 e. The van der Waals surface area contributed by atoms with E-state index >= 15 is 0 Å². The average molecular weight is 249 g/mol. The molecule has 0 saturated heterocycles. The Hall–Kier alpha value is -1.09. The van der Waals surface area contributed by atoms with Gasteiger partial charge in [0.05, 0.1) is 6.10 Å². The van der Waals surface area contributed by atoms with Crippen LogP contribution in [-0.4, -0.2) is 23.6 Å². The Bertz CT molecular complexity index is 459. The summed E-state index contributed by atoms with van der Waals surface area (Å²) in [5.41, 5.74) is 3.19. The summed E-state index contributed by atoms with van der Waals surface area (Å²) in [7, 11) is 0. The molecule has 0 spiro atoms. The molecule has 3 nitrogen and oxygen atoms in total. The van der Waals surface area contributed by atoms with Crippen molar-refractivity contribution in [2.45, 2.75) is 53.2 Å². The number of aldehydes is 1. The number of aromatic nitrogens is 1. The highest BCUT2D eigenvalue weighted by atomic mass is 16.5. The maximum atomic E-state index is 11.0. The Morgan fingerprint density at radius 1 is 1.50 bits per heavy atom. The van der Waals surface area contributed by atoms with Gasteiger partial charge in [-0.3, -0.25) is 4.79 Å². The van der Waals surface area contributed by atoms with Crippen molar-refractivity contribution in [2.75, 3.05) is 6.61 Å². The number of ether oxygens (including phenoxy) is 1. The van der Waals surface area contributed by atoms with Crippen molar-refractivity contribution in [3.63, 3.8) is 0 Å². The molecule has 3 heteroatoms. The SMILES string of the molecule is CCOC1CC(n2c(C)cc(C=O)c2C)C1(C)C. The van der Waals surface area contributed by atoms with Crippen LogP contribution in [0.4, 0.5) is 0 Å². The highest BCUT2D eigenvalue weighted by Crippen LogP contribution is 2.52. The summed E-state index contributed by atoms with van der Waals surface area (Å²) < 4.78 is 8.08. The lowest BCUT2D eigenvalue weighted by molar-refractivity contribution is -0.128. The van der Waals surface area contributed by atoms with Crippen LogP contribution in [0.15, 0.2) is 6.07 Å². The largest absolute Gasteiger partial charge is 0.378 e. The van der Waals surface area contributed by atoms with Crippen LogP contribution in [0.25, 0.3) is 0 Å². The van der Waals surface area contributed by atoms with Gasteiger partial charge in [0.15, 0.2) is 6.29 Å². The van der Waals surface area contributed by atoms with Crippen LogP contribution in [-0.2, 0) is 4.74 Å². The molecular formula is C15H23NO2. The molecule has 1 aromatic rings. The second-order valence-corrected chi connectivity index (χ2v) is 5.83. The lowest BCUT2D eigenvalue weighted by atomic mass is 9.64. The van der Waals surface area contributed by atoms with Crippen molar-refractivity contribution in [3.05, 3.63) is 23.0 Å². The van der Waals surface area contributed by atoms with Crippen LogP contribution in [0, 0.1) is 19.3 Å². The Balaban J connectivity index is 2.30. The van der Waals surface area contributed by atoms with Crippen molar-refractivity contribution in [1.29, 1.82) is 0 Å². The Morgan fingerprint density at radius 3 is 2.61 bits per heavy atom. The third kappa shape index (κ3) is 1.81. The topological polar surface area (TPSA) is 31.2 Å². The van der Waals surface area contributed by atoms with Crippen molar-refractivity contribution in [3.8, 4) is 0 Å². The van der Waals surface area contributed by atoms with E-state index in [4.69, 9.17) is 4.74 Å². The molecule has 2 rings (SSSR count). The molecule has 0 radical (unpaired) electrons. The zero-order chi connectivity index (χ0) is 13.5. The van der Waals surface area contributed by atoms with Crippen LogP contribution >= 0.6 is 0 Å². The van der Waals surface area contributed by atoms with Gasteiger partial charge in [-0.25, -0.2) is 0 Å². The molecule has 0 bridgehead atoms. The number of hydrogen-bond donors (Lipinski definition) is 0. The summed E-state index contributed by atoms with van der Waals surface area (Å²) in [4.78, 5) is 11.0. The summed E-state index contributed by atoms with van der Waals surface area (Å²) in [6.07, 6.45) is 2.31. The molecule has 1 aliphatic carbocycles. The normalized spacial score (nSPS) is 25.8. The zero-order valence-corrected chi connectivity index (χ0v) is 12.0. The third-order valence-corrected chi connectivity index (χ3v) is 4.46. The Labute approximate surface area is 109 Å². The van der Waals surface area contributed by atoms with Gasteiger partial charge in [0.25, 0.3) is 0 Å². The van der Waals surface area contributed by atoms with Gasteiger partial charge in [-0.1, -0.05) is 13.8 Å². The maximum Gasteiger partial charge on any atom is 0.151 e. The number of nitrogens with zero attached hydrogens (tertiary/aromatic N) is 1. The van der Waals surface area contributed by atoms with Crippen LogP contribution < -0.4 is 0 Å². The van der Waals surface area contributed by atoms with Gasteiger partial charge < -0.3 is 9.30 Å². The van der Waals surface area contributed by atoms with Crippen molar-refractivity contribution in [2.24, 2.45) is 5.41 Å². The van der Waals surface area contributed by atoms with Crippen molar-refractivity contribution >= 4 is 6.29 Å². The lowest BCUT2D eigenvalue weighted by Crippen LogP contribution is -2.51. The molecule has 100 valence electrons. The van der Waals surface area contributed by atoms with Crippen LogP contribution in [0.1, 0.15) is 55.0 Å². The minimum atomic E-state index is 0.130. The first-order chi connectivity index (χ1) is 8.43. The summed E-state index contributed by atoms with van der Waals surface area (Å²) >= 11 is 0. The van der Waals surface area contributed by atoms with E-state index in [1.165, 1.54) is 5.69 Å². The van der Waals surface area contributed by atoms with Crippen LogP contribution in [0.5, 0.6) is 0 Å². The van der Waals surface area contributed by atoms with E-state index < -0.39 is 0 Å².